The van der Waals surface area contributed by atoms with Crippen molar-refractivity contribution in [1.29, 1.82) is 0 Å². The largest absolute Gasteiger partial charge is 0.338 e. The summed E-state index contributed by atoms with van der Waals surface area (Å²) >= 11 is 3.43. The van der Waals surface area contributed by atoms with Gasteiger partial charge < -0.3 is 9.88 Å². The van der Waals surface area contributed by atoms with Gasteiger partial charge in [-0.2, -0.15) is 0 Å². The molecule has 1 aromatic heterocycles. The van der Waals surface area contributed by atoms with E-state index in [2.05, 4.69) is 20.9 Å². The van der Waals surface area contributed by atoms with Gasteiger partial charge >= 0.3 is 0 Å². The fourth-order valence-electron chi connectivity index (χ4n) is 1.90. The van der Waals surface area contributed by atoms with Crippen LogP contribution in [0.2, 0.25) is 0 Å². The van der Waals surface area contributed by atoms with Crippen molar-refractivity contribution >= 4 is 21.8 Å². The maximum atomic E-state index is 12.0. The molecule has 0 radical (unpaired) electrons. The number of alkyl halides is 1. The molecule has 86 valence electrons. The van der Waals surface area contributed by atoms with E-state index >= 15 is 0 Å². The summed E-state index contributed by atoms with van der Waals surface area (Å²) in [6.07, 6.45) is 2.54. The van der Waals surface area contributed by atoms with E-state index in [4.69, 9.17) is 0 Å². The number of pyridine rings is 1. The first-order valence-corrected chi connectivity index (χ1v) is 6.37. The molecule has 1 unspecified atom stereocenters. The predicted molar refractivity (Wildman–Crippen MR) is 64.9 cm³/mol. The molecule has 2 rings (SSSR count). The highest BCUT2D eigenvalue weighted by molar-refractivity contribution is 9.09. The minimum Gasteiger partial charge on any atom is -0.338 e. The van der Waals surface area contributed by atoms with E-state index in [-0.39, 0.29) is 11.5 Å². The third-order valence-electron chi connectivity index (χ3n) is 2.81. The summed E-state index contributed by atoms with van der Waals surface area (Å²) in [5, 5.41) is 0.923. The molecule has 16 heavy (non-hydrogen) atoms. The van der Waals surface area contributed by atoms with Crippen molar-refractivity contribution in [2.45, 2.75) is 6.42 Å². The van der Waals surface area contributed by atoms with Crippen molar-refractivity contribution in [2.24, 2.45) is 5.92 Å². The van der Waals surface area contributed by atoms with Gasteiger partial charge in [-0.1, -0.05) is 15.9 Å². The van der Waals surface area contributed by atoms with Gasteiger partial charge in [0.15, 0.2) is 0 Å². The quantitative estimate of drug-likeness (QED) is 0.831. The molecule has 1 N–H and O–H groups in total. The number of nitrogens with zero attached hydrogens (tertiary/aromatic N) is 1. The normalized spacial score (nSPS) is 20.1. The van der Waals surface area contributed by atoms with Crippen molar-refractivity contribution in [3.8, 4) is 0 Å². The smallest absolute Gasteiger partial charge is 0.254 e. The van der Waals surface area contributed by atoms with Crippen molar-refractivity contribution < 1.29 is 4.79 Å². The van der Waals surface area contributed by atoms with Gasteiger partial charge in [-0.15, -0.1) is 0 Å². The second kappa shape index (κ2) is 4.82. The number of amides is 1. The topological polar surface area (TPSA) is 53.2 Å². The maximum absolute atomic E-state index is 12.0. The van der Waals surface area contributed by atoms with E-state index in [1.807, 2.05) is 0 Å². The molecule has 0 spiro atoms. The molecule has 1 atom stereocenters. The van der Waals surface area contributed by atoms with Gasteiger partial charge in [0.05, 0.1) is 0 Å². The highest BCUT2D eigenvalue weighted by atomic mass is 79.9. The average molecular weight is 285 g/mol. The molecule has 1 saturated heterocycles. The maximum Gasteiger partial charge on any atom is 0.254 e. The third kappa shape index (κ3) is 2.35. The number of likely N-dealkylation sites (tertiary alicyclic amines) is 1. The zero-order valence-electron chi connectivity index (χ0n) is 8.78. The Hall–Kier alpha value is -1.10. The molecule has 1 amide bonds. The van der Waals surface area contributed by atoms with Crippen LogP contribution in [0.1, 0.15) is 16.8 Å². The summed E-state index contributed by atoms with van der Waals surface area (Å²) in [6.45, 7) is 1.55. The number of halogens is 1. The Morgan fingerprint density at radius 2 is 2.44 bits per heavy atom. The lowest BCUT2D eigenvalue weighted by molar-refractivity contribution is 0.0788. The van der Waals surface area contributed by atoms with Gasteiger partial charge in [-0.05, 0) is 18.4 Å². The summed E-state index contributed by atoms with van der Waals surface area (Å²) in [5.41, 5.74) is 0.237. The molecule has 2 heterocycles. The van der Waals surface area contributed by atoms with Gasteiger partial charge in [0.1, 0.15) is 0 Å². The lowest BCUT2D eigenvalue weighted by atomic mass is 10.2. The minimum atomic E-state index is -0.234. The Morgan fingerprint density at radius 3 is 3.06 bits per heavy atom. The fourth-order valence-corrected chi connectivity index (χ4v) is 2.43. The first-order chi connectivity index (χ1) is 7.70. The number of rotatable bonds is 2. The van der Waals surface area contributed by atoms with Crippen LogP contribution in [-0.2, 0) is 0 Å². The van der Waals surface area contributed by atoms with Crippen LogP contribution in [0.25, 0.3) is 0 Å². The van der Waals surface area contributed by atoms with Crippen LogP contribution in [0, 0.1) is 5.92 Å². The van der Waals surface area contributed by atoms with Crippen LogP contribution < -0.4 is 5.56 Å². The van der Waals surface area contributed by atoms with Crippen LogP contribution >= 0.6 is 15.9 Å². The third-order valence-corrected chi connectivity index (χ3v) is 3.73. The molecule has 0 aromatic carbocycles. The molecule has 1 fully saturated rings. The Morgan fingerprint density at radius 1 is 1.62 bits per heavy atom. The van der Waals surface area contributed by atoms with E-state index in [0.717, 1.165) is 24.8 Å². The Labute approximate surface area is 102 Å². The monoisotopic (exact) mass is 284 g/mol. The number of aromatic nitrogens is 1. The highest BCUT2D eigenvalue weighted by Gasteiger charge is 2.26. The van der Waals surface area contributed by atoms with Gasteiger partial charge in [0.2, 0.25) is 5.56 Å². The van der Waals surface area contributed by atoms with E-state index in [9.17, 15) is 9.59 Å². The first-order valence-electron chi connectivity index (χ1n) is 5.24. The molecule has 1 aromatic rings. The fraction of sp³-hybridized carbons (Fsp3) is 0.455. The van der Waals surface area contributed by atoms with E-state index in [1.165, 1.54) is 12.3 Å². The van der Waals surface area contributed by atoms with Gasteiger partial charge in [-0.3, -0.25) is 9.59 Å². The van der Waals surface area contributed by atoms with E-state index in [1.54, 1.807) is 11.0 Å². The number of hydrogen-bond donors (Lipinski definition) is 1. The van der Waals surface area contributed by atoms with Crippen molar-refractivity contribution in [2.75, 3.05) is 18.4 Å². The van der Waals surface area contributed by atoms with Crippen molar-refractivity contribution in [3.63, 3.8) is 0 Å². The summed E-state index contributed by atoms with van der Waals surface area (Å²) < 4.78 is 0. The molecule has 1 aliphatic rings. The van der Waals surface area contributed by atoms with Crippen molar-refractivity contribution in [3.05, 3.63) is 34.2 Å². The molecule has 0 aliphatic carbocycles. The van der Waals surface area contributed by atoms with E-state index < -0.39 is 0 Å². The second-order valence-corrected chi connectivity index (χ2v) is 4.65. The van der Waals surface area contributed by atoms with Gasteiger partial charge in [-0.25, -0.2) is 0 Å². The van der Waals surface area contributed by atoms with Crippen molar-refractivity contribution in [1.82, 2.24) is 9.88 Å². The summed E-state index contributed by atoms with van der Waals surface area (Å²) in [5.74, 6) is 0.487. The number of hydrogen-bond acceptors (Lipinski definition) is 2. The van der Waals surface area contributed by atoms with Crippen LogP contribution in [0.4, 0.5) is 0 Å². The molecule has 1 aliphatic heterocycles. The standard InChI is InChI=1S/C11H13BrN2O2/c12-6-8-2-4-14(7-8)11(16)9-1-3-13-10(15)5-9/h1,3,5,8H,2,4,6-7H2,(H,13,15). The predicted octanol–water partition coefficient (Wildman–Crippen LogP) is 1.23. The van der Waals surface area contributed by atoms with Crippen LogP contribution in [-0.4, -0.2) is 34.2 Å². The molecular formula is C11H13BrN2O2. The Bertz CT molecular complexity index is 444. The number of H-pyrrole nitrogens is 1. The van der Waals surface area contributed by atoms with Crippen LogP contribution in [0.15, 0.2) is 23.1 Å². The number of aromatic amines is 1. The average Bonchev–Trinajstić information content (AvgIpc) is 2.76. The molecule has 0 saturated carbocycles. The second-order valence-electron chi connectivity index (χ2n) is 4.00. The molecule has 4 nitrogen and oxygen atoms in total. The SMILES string of the molecule is O=C(c1cc[nH]c(=O)c1)N1CCC(CBr)C1. The molecular weight excluding hydrogens is 272 g/mol. The van der Waals surface area contributed by atoms with Crippen LogP contribution in [0.3, 0.4) is 0 Å². The number of carbonyl (C=O) groups excluding carboxylic acids is 1. The first kappa shape index (κ1) is 11.4. The number of nitrogens with one attached hydrogen (secondary N) is 1. The number of carbonyl (C=O) groups is 1. The lowest BCUT2D eigenvalue weighted by Gasteiger charge is -2.15. The summed E-state index contributed by atoms with van der Waals surface area (Å²) in [4.78, 5) is 27.4. The molecule has 0 bridgehead atoms. The van der Waals surface area contributed by atoms with E-state index in [0.29, 0.717) is 11.5 Å². The lowest BCUT2D eigenvalue weighted by Crippen LogP contribution is -2.29. The van der Waals surface area contributed by atoms with Crippen LogP contribution in [0.5, 0.6) is 0 Å². The summed E-state index contributed by atoms with van der Waals surface area (Å²) in [7, 11) is 0. The summed E-state index contributed by atoms with van der Waals surface area (Å²) in [6, 6.07) is 3.00. The minimum absolute atomic E-state index is 0.0467. The Balaban J connectivity index is 2.11. The van der Waals surface area contributed by atoms with Gasteiger partial charge in [0.25, 0.3) is 5.91 Å². The zero-order valence-corrected chi connectivity index (χ0v) is 10.4. The molecule has 5 heteroatoms. The van der Waals surface area contributed by atoms with Gasteiger partial charge in [0, 0.05) is 36.2 Å². The zero-order chi connectivity index (χ0) is 11.5. The Kier molecular flexibility index (Phi) is 3.43. The highest BCUT2D eigenvalue weighted by Crippen LogP contribution is 2.19.